The molecule has 3 N–H and O–H groups in total. The number of cyclic esters (lactones) is 1. The summed E-state index contributed by atoms with van der Waals surface area (Å²) in [5.41, 5.74) is 5.96. The number of carbonyl (C=O) groups excluding carboxylic acids is 2. The minimum Gasteiger partial charge on any atom is -0.457 e. The van der Waals surface area contributed by atoms with Crippen LogP contribution in [0.5, 0.6) is 11.5 Å². The van der Waals surface area contributed by atoms with Gasteiger partial charge in [-0.15, -0.1) is 0 Å². The van der Waals surface area contributed by atoms with E-state index in [1.807, 2.05) is 0 Å². The molecule has 0 spiro atoms. The van der Waals surface area contributed by atoms with Crippen LogP contribution in [0.3, 0.4) is 0 Å². The van der Waals surface area contributed by atoms with Crippen molar-refractivity contribution in [3.8, 4) is 11.5 Å². The van der Waals surface area contributed by atoms with E-state index in [0.29, 0.717) is 18.6 Å². The maximum atomic E-state index is 12.8. The van der Waals surface area contributed by atoms with Crippen molar-refractivity contribution in [1.29, 1.82) is 0 Å². The zero-order chi connectivity index (χ0) is 20.1. The Balaban J connectivity index is 1.54. The second-order valence-corrected chi connectivity index (χ2v) is 6.67. The first-order valence-electron chi connectivity index (χ1n) is 8.51. The minimum absolute atomic E-state index is 0.184. The molecule has 2 aromatic rings. The van der Waals surface area contributed by atoms with E-state index < -0.39 is 35.5 Å². The van der Waals surface area contributed by atoms with Crippen LogP contribution in [0, 0.1) is 0 Å². The highest BCUT2D eigenvalue weighted by molar-refractivity contribution is 6.00. The number of hydrogen-bond donors (Lipinski definition) is 2. The lowest BCUT2D eigenvalue weighted by atomic mass is 9.95. The molecule has 28 heavy (non-hydrogen) atoms. The van der Waals surface area contributed by atoms with Gasteiger partial charge < -0.3 is 15.2 Å². The van der Waals surface area contributed by atoms with Crippen LogP contribution in [0.15, 0.2) is 36.4 Å². The molecule has 1 unspecified atom stereocenters. The van der Waals surface area contributed by atoms with Gasteiger partial charge >= 0.3 is 12.3 Å². The average Bonchev–Trinajstić information content (AvgIpc) is 3.15. The quantitative estimate of drug-likeness (QED) is 0.777. The van der Waals surface area contributed by atoms with E-state index in [4.69, 9.17) is 15.2 Å². The Morgan fingerprint density at radius 2 is 1.82 bits per heavy atom. The molecule has 1 aliphatic carbocycles. The molecule has 6 nitrogen and oxygen atoms in total. The monoisotopic (exact) mass is 392 g/mol. The van der Waals surface area contributed by atoms with Crippen molar-refractivity contribution < 1.29 is 32.2 Å². The predicted octanol–water partition coefficient (Wildman–Crippen LogP) is 3.74. The van der Waals surface area contributed by atoms with Crippen LogP contribution in [0.4, 0.5) is 23.7 Å². The molecule has 0 bridgehead atoms. The van der Waals surface area contributed by atoms with Crippen molar-refractivity contribution >= 4 is 17.7 Å². The SMILES string of the molecule is Nc1cc(Oc2ccc3c(c2)CC[C@H]3C2OC(=O)NC2=O)ccc1C(F)(F)F. The number of carbonyl (C=O) groups is 2. The van der Waals surface area contributed by atoms with Crippen molar-refractivity contribution in [3.63, 3.8) is 0 Å². The molecule has 9 heteroatoms. The van der Waals surface area contributed by atoms with E-state index in [-0.39, 0.29) is 11.7 Å². The fourth-order valence-corrected chi connectivity index (χ4v) is 3.64. The zero-order valence-electron chi connectivity index (χ0n) is 14.4. The summed E-state index contributed by atoms with van der Waals surface area (Å²) in [6.07, 6.45) is -4.83. The number of imide groups is 1. The summed E-state index contributed by atoms with van der Waals surface area (Å²) in [5.74, 6) is -0.0730. The highest BCUT2D eigenvalue weighted by atomic mass is 19.4. The van der Waals surface area contributed by atoms with Gasteiger partial charge in [0.25, 0.3) is 5.91 Å². The molecule has 2 amide bonds. The number of hydrogen-bond acceptors (Lipinski definition) is 5. The Morgan fingerprint density at radius 1 is 1.11 bits per heavy atom. The molecule has 0 aromatic heterocycles. The van der Waals surface area contributed by atoms with Gasteiger partial charge in [0.1, 0.15) is 11.5 Å². The topological polar surface area (TPSA) is 90.7 Å². The fourth-order valence-electron chi connectivity index (χ4n) is 3.64. The van der Waals surface area contributed by atoms with Crippen LogP contribution in [-0.4, -0.2) is 18.1 Å². The Bertz CT molecular complexity index is 974. The number of nitrogens with two attached hydrogens (primary N) is 1. The Kier molecular flexibility index (Phi) is 4.17. The second-order valence-electron chi connectivity index (χ2n) is 6.67. The Hall–Kier alpha value is -3.23. The van der Waals surface area contributed by atoms with E-state index in [1.165, 1.54) is 6.07 Å². The van der Waals surface area contributed by atoms with Crippen molar-refractivity contribution in [2.24, 2.45) is 0 Å². The minimum atomic E-state index is -4.53. The first kappa shape index (κ1) is 18.1. The molecule has 1 fully saturated rings. The van der Waals surface area contributed by atoms with E-state index in [2.05, 4.69) is 5.32 Å². The Morgan fingerprint density at radius 3 is 2.46 bits per heavy atom. The predicted molar refractivity (Wildman–Crippen MR) is 91.8 cm³/mol. The van der Waals surface area contributed by atoms with Gasteiger partial charge in [0.15, 0.2) is 6.10 Å². The number of rotatable bonds is 3. The van der Waals surface area contributed by atoms with Crippen LogP contribution in [0.1, 0.15) is 29.0 Å². The van der Waals surface area contributed by atoms with Gasteiger partial charge in [-0.2, -0.15) is 13.2 Å². The molecule has 1 saturated heterocycles. The number of amides is 2. The number of alkyl halides is 3. The summed E-state index contributed by atoms with van der Waals surface area (Å²) in [6.45, 7) is 0. The van der Waals surface area contributed by atoms with E-state index in [1.54, 1.807) is 18.2 Å². The number of ether oxygens (including phenoxy) is 2. The lowest BCUT2D eigenvalue weighted by Gasteiger charge is -2.16. The molecule has 0 saturated carbocycles. The van der Waals surface area contributed by atoms with E-state index >= 15 is 0 Å². The number of anilines is 1. The Labute approximate surface area is 157 Å². The van der Waals surface area contributed by atoms with E-state index in [0.717, 1.165) is 23.3 Å². The average molecular weight is 392 g/mol. The first-order chi connectivity index (χ1) is 13.2. The molecular formula is C19H15F3N2O4. The number of fused-ring (bicyclic) bond motifs is 1. The zero-order valence-corrected chi connectivity index (χ0v) is 14.4. The van der Waals surface area contributed by atoms with Crippen molar-refractivity contribution in [2.45, 2.75) is 31.0 Å². The summed E-state index contributed by atoms with van der Waals surface area (Å²) in [4.78, 5) is 23.1. The summed E-state index contributed by atoms with van der Waals surface area (Å²) in [7, 11) is 0. The van der Waals surface area contributed by atoms with E-state index in [9.17, 15) is 22.8 Å². The number of benzene rings is 2. The molecule has 1 aliphatic heterocycles. The number of aryl methyl sites for hydroxylation is 1. The van der Waals surface area contributed by atoms with Crippen LogP contribution in [-0.2, 0) is 22.1 Å². The van der Waals surface area contributed by atoms with Crippen molar-refractivity contribution in [1.82, 2.24) is 5.32 Å². The molecular weight excluding hydrogens is 377 g/mol. The molecule has 1 heterocycles. The van der Waals surface area contributed by atoms with Gasteiger partial charge in [-0.1, -0.05) is 6.07 Å². The maximum absolute atomic E-state index is 12.8. The third-order valence-electron chi connectivity index (χ3n) is 4.89. The number of nitrogen functional groups attached to an aromatic ring is 1. The lowest BCUT2D eigenvalue weighted by Crippen LogP contribution is -2.28. The van der Waals surface area contributed by atoms with Crippen LogP contribution in [0.25, 0.3) is 0 Å². The van der Waals surface area contributed by atoms with Gasteiger partial charge in [-0.05, 0) is 48.2 Å². The molecule has 2 atom stereocenters. The largest absolute Gasteiger partial charge is 0.457 e. The van der Waals surface area contributed by atoms with Crippen molar-refractivity contribution in [3.05, 3.63) is 53.1 Å². The lowest BCUT2D eigenvalue weighted by molar-refractivity contribution is -0.137. The second kappa shape index (κ2) is 6.43. The molecule has 2 aliphatic rings. The third-order valence-corrected chi connectivity index (χ3v) is 4.89. The van der Waals surface area contributed by atoms with Crippen LogP contribution in [0.2, 0.25) is 0 Å². The smallest absolute Gasteiger partial charge is 0.418 e. The summed E-state index contributed by atoms with van der Waals surface area (Å²) in [5, 5.41) is 2.12. The summed E-state index contributed by atoms with van der Waals surface area (Å²) in [6, 6.07) is 8.40. The highest BCUT2D eigenvalue weighted by Gasteiger charge is 2.42. The molecule has 0 radical (unpaired) electrons. The van der Waals surface area contributed by atoms with Gasteiger partial charge in [-0.25, -0.2) is 4.79 Å². The third kappa shape index (κ3) is 3.23. The summed E-state index contributed by atoms with van der Waals surface area (Å²) >= 11 is 0. The number of alkyl carbamates (subject to hydrolysis) is 1. The maximum Gasteiger partial charge on any atom is 0.418 e. The summed E-state index contributed by atoms with van der Waals surface area (Å²) < 4.78 is 49.1. The van der Waals surface area contributed by atoms with Gasteiger partial charge in [0.2, 0.25) is 0 Å². The fraction of sp³-hybridized carbons (Fsp3) is 0.263. The molecule has 146 valence electrons. The standard InChI is InChI=1S/C19H15F3N2O4/c20-19(21,22)14-6-3-11(8-15(14)23)27-10-2-5-12-9(7-10)1-4-13(12)16-17(25)24-18(26)28-16/h2-3,5-8,13,16H,1,4,23H2,(H,24,25,26)/t13-,16?/m1/s1. The molecule has 2 aromatic carbocycles. The number of halogens is 3. The number of nitrogens with one attached hydrogen (secondary N) is 1. The van der Waals surface area contributed by atoms with Crippen LogP contribution >= 0.6 is 0 Å². The van der Waals surface area contributed by atoms with Crippen molar-refractivity contribution in [2.75, 3.05) is 5.73 Å². The normalized spacial score (nSPS) is 21.2. The van der Waals surface area contributed by atoms with Gasteiger partial charge in [0.05, 0.1) is 5.56 Å². The highest BCUT2D eigenvalue weighted by Crippen LogP contribution is 2.41. The first-order valence-corrected chi connectivity index (χ1v) is 8.51. The van der Waals surface area contributed by atoms with Gasteiger partial charge in [0, 0.05) is 17.7 Å². The molecule has 4 rings (SSSR count). The van der Waals surface area contributed by atoms with Gasteiger partial charge in [-0.3, -0.25) is 10.1 Å². The van der Waals surface area contributed by atoms with Crippen LogP contribution < -0.4 is 15.8 Å².